The van der Waals surface area contributed by atoms with E-state index in [0.29, 0.717) is 0 Å². The predicted molar refractivity (Wildman–Crippen MR) is 369 cm³/mol. The van der Waals surface area contributed by atoms with Gasteiger partial charge in [-0.1, -0.05) is 0 Å². The molecule has 30 N–H and O–H groups in total. The van der Waals surface area contributed by atoms with Crippen molar-refractivity contribution in [2.75, 3.05) is 59.5 Å². The molecule has 0 aliphatic carbocycles. The molecule has 53 heteroatoms. The number of carbonyl (C=O) groups excluding carboxylic acids is 4. The van der Waals surface area contributed by atoms with Gasteiger partial charge in [-0.15, -0.1) is 0 Å². The van der Waals surface area contributed by atoms with Crippen molar-refractivity contribution >= 4 is 23.6 Å². The fourth-order valence-electron chi connectivity index (χ4n) is 15.6. The van der Waals surface area contributed by atoms with Gasteiger partial charge >= 0.3 is 0 Å². The van der Waals surface area contributed by atoms with E-state index < -0.39 is 384 Å². The molecule has 694 valence electrons. The summed E-state index contributed by atoms with van der Waals surface area (Å²) in [5.74, 6) is -3.78. The van der Waals surface area contributed by atoms with E-state index in [4.69, 9.17) is 90.0 Å². The van der Waals surface area contributed by atoms with Crippen LogP contribution in [0.1, 0.15) is 34.6 Å². The lowest BCUT2D eigenvalue weighted by Crippen LogP contribution is -2.71. The van der Waals surface area contributed by atoms with Gasteiger partial charge < -0.3 is 244 Å². The van der Waals surface area contributed by atoms with E-state index in [2.05, 4.69) is 21.3 Å². The average molecular weight is 1760 g/mol. The summed E-state index contributed by atoms with van der Waals surface area (Å²) in [5, 5.41) is 301. The van der Waals surface area contributed by atoms with Gasteiger partial charge in [0.15, 0.2) is 62.9 Å². The zero-order valence-corrected chi connectivity index (χ0v) is 64.7. The maximum Gasteiger partial charge on any atom is 0.217 e. The predicted octanol–water partition coefficient (Wildman–Crippen LogP) is -20.6. The van der Waals surface area contributed by atoms with Crippen molar-refractivity contribution in [1.29, 1.82) is 0 Å². The summed E-state index contributed by atoms with van der Waals surface area (Å²) in [5.41, 5.74) is 0. The molecule has 0 radical (unpaired) electrons. The van der Waals surface area contributed by atoms with E-state index in [-0.39, 0.29) is 0 Å². The number of aliphatic hydroxyl groups is 26. The molecule has 120 heavy (non-hydrogen) atoms. The van der Waals surface area contributed by atoms with Crippen LogP contribution in [-0.2, 0) is 109 Å². The van der Waals surface area contributed by atoms with E-state index in [0.717, 1.165) is 27.7 Å². The van der Waals surface area contributed by atoms with E-state index in [1.807, 2.05) is 0 Å². The van der Waals surface area contributed by atoms with Gasteiger partial charge in [-0.3, -0.25) is 19.2 Å². The molecule has 10 saturated heterocycles. The largest absolute Gasteiger partial charge is 0.394 e. The van der Waals surface area contributed by atoms with E-state index in [1.165, 1.54) is 6.92 Å². The highest BCUT2D eigenvalue weighted by atomic mass is 16.8. The minimum Gasteiger partial charge on any atom is -0.394 e. The number of hydrogen-bond donors (Lipinski definition) is 30. The van der Waals surface area contributed by atoms with Crippen LogP contribution >= 0.6 is 0 Å². The second kappa shape index (κ2) is 42.8. The molecule has 0 unspecified atom stereocenters. The molecule has 10 aliphatic heterocycles. The number of aliphatic hydroxyl groups excluding tert-OH is 26. The van der Waals surface area contributed by atoms with Gasteiger partial charge in [0.2, 0.25) is 23.6 Å². The van der Waals surface area contributed by atoms with Crippen LogP contribution in [-0.4, -0.2) is 517 Å². The molecule has 0 aromatic rings. The Morgan fingerprint density at radius 2 is 0.608 bits per heavy atom. The highest BCUT2D eigenvalue weighted by Crippen LogP contribution is 2.42. The van der Waals surface area contributed by atoms with Gasteiger partial charge in [0, 0.05) is 27.7 Å². The second-order valence-electron chi connectivity index (χ2n) is 30.5. The number of amides is 4. The summed E-state index contributed by atoms with van der Waals surface area (Å²) in [6.07, 6.45) is -95.7. The molecule has 49 atom stereocenters. The van der Waals surface area contributed by atoms with Crippen molar-refractivity contribution < 1.29 is 242 Å². The fraction of sp³-hybridized carbons (Fsp3) is 0.940. The van der Waals surface area contributed by atoms with Crippen molar-refractivity contribution in [1.82, 2.24) is 21.3 Å². The summed E-state index contributed by atoms with van der Waals surface area (Å²) in [6, 6.07) is -7.69. The maximum absolute atomic E-state index is 13.5. The first-order valence-corrected chi connectivity index (χ1v) is 38.4. The van der Waals surface area contributed by atoms with Gasteiger partial charge in [-0.2, -0.15) is 0 Å². The molecule has 53 nitrogen and oxygen atoms in total. The topological polar surface area (TPSA) is 818 Å². The van der Waals surface area contributed by atoms with E-state index in [1.54, 1.807) is 0 Å². The zero-order valence-electron chi connectivity index (χ0n) is 64.7. The molecule has 4 amide bonds. The SMILES string of the molecule is CC(=O)N[C@@H]1[C@@H](O[C@@H]2O[C@@H](C)[C@@H](O)[C@@H](O)[C@@H]2O)[C@H](O[C@@H]2O[C@H](CO)[C@@H](O[C@@H]3O[C@H](CO[C@H]4O[C@H](CO)[C@@H](O)[C@H](O)[C@@H]4O[C@@H]4O[C@H](CO)[C@@H](O)[C@H](O[C@@H]5O[C@H](CO)[C@H](O)[C@H](O)[C@H]5O)[C@H]4NC(C)=O)[C@@H](O)[C@H](O[C@H]4O[C@H](CO)[C@@H](O)[C@H](O)[C@@H]4O[C@@H]4O[C@H](CO)[C@@H](O)[C@H](O)[C@H]4NC(C)=O)[C@@H]3O[C@@H]3OC[C@@H](O)[C@H](O)[C@H]3O)[C@H](O)[C@H]2NC(C)=O)[C@@H](CO)O[C@H]1O. The monoisotopic (exact) mass is 1760 g/mol. The lowest BCUT2D eigenvalue weighted by atomic mass is 9.93. The molecule has 10 heterocycles. The number of nitrogens with one attached hydrogen (secondary N) is 4. The molecule has 10 rings (SSSR count). The lowest BCUT2D eigenvalue weighted by Gasteiger charge is -2.52. The van der Waals surface area contributed by atoms with Crippen LogP contribution in [0.2, 0.25) is 0 Å². The van der Waals surface area contributed by atoms with Crippen LogP contribution in [0.3, 0.4) is 0 Å². The Morgan fingerprint density at radius 1 is 0.267 bits per heavy atom. The summed E-state index contributed by atoms with van der Waals surface area (Å²) < 4.78 is 115. The first kappa shape index (κ1) is 98.3. The van der Waals surface area contributed by atoms with Crippen LogP contribution in [0.4, 0.5) is 0 Å². The van der Waals surface area contributed by atoms with Crippen molar-refractivity contribution in [2.24, 2.45) is 0 Å². The van der Waals surface area contributed by atoms with Crippen molar-refractivity contribution in [2.45, 2.75) is 335 Å². The van der Waals surface area contributed by atoms with E-state index in [9.17, 15) is 152 Å². The van der Waals surface area contributed by atoms with Crippen molar-refractivity contribution in [3.8, 4) is 0 Å². The smallest absolute Gasteiger partial charge is 0.217 e. The zero-order chi connectivity index (χ0) is 88.2. The summed E-state index contributed by atoms with van der Waals surface area (Å²) in [6.45, 7) is -5.14. The minimum absolute atomic E-state index is 0.875. The summed E-state index contributed by atoms with van der Waals surface area (Å²) >= 11 is 0. The van der Waals surface area contributed by atoms with Crippen LogP contribution in [0.15, 0.2) is 0 Å². The molecule has 0 aromatic carbocycles. The Balaban J connectivity index is 1.06. The highest BCUT2D eigenvalue weighted by molar-refractivity contribution is 5.74. The molecule has 10 aliphatic rings. The Bertz CT molecular complexity index is 3230. The third kappa shape index (κ3) is 21.6. The van der Waals surface area contributed by atoms with Gasteiger partial charge in [-0.05, 0) is 6.92 Å². The Hall–Kier alpha value is -3.92. The van der Waals surface area contributed by atoms with Crippen molar-refractivity contribution in [3.63, 3.8) is 0 Å². The molecule has 0 spiro atoms. The standard InChI is InChI=1S/C67H112N4O49/c1-15-33(84)43(94)48(99)63(104-15)116-53-31(70-18(4)81)58(101)105-27(12-78)51(53)114-60-30(69-17(3)80)42(93)50(26(11-77)111-60)113-67-57(120-62-47(98)34(85)20(83)13-102-62)54(117-66-56(46(97)38(89)24(9-75)110-66)119-59-29(68-16(2)79)41(92)35(86)21(6-72)106-59)40(91)28(112-67)14-103-65-55(45(96)37(88)23(8-74)109-65)118-61-32(71-19(5)82)52(39(90)25(10-76)107-61)115-64-49(100)44(95)36(87)22(7-73)108-64/h15,20-67,72-78,83-101H,6-14H2,1-5H3,(H,68,79)(H,69,80)(H,70,81)(H,71,82)/t15-,20+,21+,22+,23+,24+,25+,26+,27+,28+,29+,30+,31+,32+,33+,34-,35+,36-,37+,38+,39+,40+,41+,42+,43+,44-,45-,46-,47+,48-,49+,50+,51+,52+,53+,54-,55-,56-,57-,58+,59-,60-,61-,62-,63-,64-,65-,66+,67-/m0/s1. The van der Waals surface area contributed by atoms with Crippen LogP contribution < -0.4 is 21.3 Å². The molecule has 0 saturated carbocycles. The van der Waals surface area contributed by atoms with E-state index >= 15 is 0 Å². The Labute approximate surface area is 679 Å². The molecule has 10 fully saturated rings. The van der Waals surface area contributed by atoms with Crippen LogP contribution in [0.25, 0.3) is 0 Å². The number of carbonyl (C=O) groups is 4. The van der Waals surface area contributed by atoms with Crippen LogP contribution in [0, 0.1) is 0 Å². The average Bonchev–Trinajstić information content (AvgIpc) is 0.768. The summed E-state index contributed by atoms with van der Waals surface area (Å²) in [4.78, 5) is 52.1. The Kier molecular flexibility index (Phi) is 35.0. The van der Waals surface area contributed by atoms with Crippen LogP contribution in [0.5, 0.6) is 0 Å². The molecular weight excluding hydrogens is 1640 g/mol. The normalized spacial score (nSPS) is 49.7. The molecule has 0 aromatic heterocycles. The quantitative estimate of drug-likeness (QED) is 0.0318. The third-order valence-corrected chi connectivity index (χ3v) is 22.0. The van der Waals surface area contributed by atoms with Gasteiger partial charge in [0.05, 0.1) is 65.6 Å². The van der Waals surface area contributed by atoms with Gasteiger partial charge in [0.25, 0.3) is 0 Å². The first-order chi connectivity index (χ1) is 56.8. The lowest BCUT2D eigenvalue weighted by molar-refractivity contribution is -0.412. The number of rotatable bonds is 30. The minimum atomic E-state index is -2.59. The molecule has 0 bridgehead atoms. The number of hydrogen-bond acceptors (Lipinski definition) is 49. The Morgan fingerprint density at radius 3 is 1.14 bits per heavy atom. The van der Waals surface area contributed by atoms with Gasteiger partial charge in [0.1, 0.15) is 232 Å². The van der Waals surface area contributed by atoms with Gasteiger partial charge in [-0.25, -0.2) is 0 Å². The highest BCUT2D eigenvalue weighted by Gasteiger charge is 2.62. The van der Waals surface area contributed by atoms with Crippen molar-refractivity contribution in [3.05, 3.63) is 0 Å². The first-order valence-electron chi connectivity index (χ1n) is 38.4. The third-order valence-electron chi connectivity index (χ3n) is 22.0. The maximum atomic E-state index is 13.5. The molecular formula is C67H112N4O49. The fourth-order valence-corrected chi connectivity index (χ4v) is 15.6. The second-order valence-corrected chi connectivity index (χ2v) is 30.5. The number of ether oxygens (including phenoxy) is 19. The summed E-state index contributed by atoms with van der Waals surface area (Å²) in [7, 11) is 0.